The van der Waals surface area contributed by atoms with Crippen LogP contribution in [0.4, 0.5) is 0 Å². The van der Waals surface area contributed by atoms with E-state index < -0.39 is 37.3 Å². The molecular formula is C16H18O6. The molecule has 3 rings (SSSR count). The third-order valence-electron chi connectivity index (χ3n) is 3.82. The second-order valence-electron chi connectivity index (χ2n) is 5.32. The van der Waals surface area contributed by atoms with Gasteiger partial charge in [0.1, 0.15) is 30.2 Å². The van der Waals surface area contributed by atoms with E-state index in [1.165, 1.54) is 0 Å². The lowest BCUT2D eigenvalue weighted by Crippen LogP contribution is -2.60. The molecular weight excluding hydrogens is 288 g/mol. The van der Waals surface area contributed by atoms with Crippen LogP contribution in [0.3, 0.4) is 0 Å². The minimum atomic E-state index is -1.45. The molecule has 1 heterocycles. The first kappa shape index (κ1) is 15.2. The molecule has 0 saturated carbocycles. The molecule has 0 bridgehead atoms. The smallest absolute Gasteiger partial charge is 0.229 e. The number of benzene rings is 2. The predicted octanol–water partition coefficient (Wildman–Crippen LogP) is 0.0185. The van der Waals surface area contributed by atoms with E-state index in [9.17, 15) is 15.3 Å². The molecule has 6 nitrogen and oxygen atoms in total. The molecule has 6 heteroatoms. The van der Waals surface area contributed by atoms with Crippen LogP contribution in [-0.4, -0.2) is 57.7 Å². The largest absolute Gasteiger partial charge is 0.462 e. The first-order chi connectivity index (χ1) is 10.6. The van der Waals surface area contributed by atoms with Crippen LogP contribution in [0.15, 0.2) is 42.5 Å². The van der Waals surface area contributed by atoms with Crippen LogP contribution < -0.4 is 4.74 Å². The predicted molar refractivity (Wildman–Crippen MR) is 78.3 cm³/mol. The first-order valence-corrected chi connectivity index (χ1v) is 7.06. The molecule has 0 aliphatic carbocycles. The summed E-state index contributed by atoms with van der Waals surface area (Å²) in [4.78, 5) is 0. The van der Waals surface area contributed by atoms with Gasteiger partial charge in [0.05, 0.1) is 6.61 Å². The molecule has 0 radical (unpaired) electrons. The highest BCUT2D eigenvalue weighted by Gasteiger charge is 2.44. The second-order valence-corrected chi connectivity index (χ2v) is 5.32. The van der Waals surface area contributed by atoms with Gasteiger partial charge in [0.25, 0.3) is 0 Å². The fourth-order valence-electron chi connectivity index (χ4n) is 2.54. The van der Waals surface area contributed by atoms with E-state index in [1.807, 2.05) is 30.3 Å². The molecule has 1 saturated heterocycles. The first-order valence-electron chi connectivity index (χ1n) is 7.06. The van der Waals surface area contributed by atoms with Gasteiger partial charge in [-0.15, -0.1) is 0 Å². The number of rotatable bonds is 3. The number of hydrogen-bond acceptors (Lipinski definition) is 6. The van der Waals surface area contributed by atoms with E-state index in [-0.39, 0.29) is 0 Å². The summed E-state index contributed by atoms with van der Waals surface area (Å²) in [6.45, 7) is -0.484. The van der Waals surface area contributed by atoms with Crippen LogP contribution in [0, 0.1) is 0 Å². The topological polar surface area (TPSA) is 99.4 Å². The van der Waals surface area contributed by atoms with Crippen molar-refractivity contribution >= 4 is 10.8 Å². The van der Waals surface area contributed by atoms with E-state index >= 15 is 0 Å². The number of aliphatic hydroxyl groups excluding tert-OH is 4. The van der Waals surface area contributed by atoms with Gasteiger partial charge < -0.3 is 29.9 Å². The Hall–Kier alpha value is -1.70. The van der Waals surface area contributed by atoms with Crippen molar-refractivity contribution in [2.24, 2.45) is 0 Å². The Balaban J connectivity index is 1.80. The molecule has 1 aliphatic rings. The molecule has 4 N–H and O–H groups in total. The highest BCUT2D eigenvalue weighted by Crippen LogP contribution is 2.26. The summed E-state index contributed by atoms with van der Waals surface area (Å²) in [7, 11) is 0. The van der Waals surface area contributed by atoms with Gasteiger partial charge in [0.2, 0.25) is 6.29 Å². The maximum absolute atomic E-state index is 9.95. The quantitative estimate of drug-likeness (QED) is 0.638. The lowest BCUT2D eigenvalue weighted by molar-refractivity contribution is -0.277. The van der Waals surface area contributed by atoms with Crippen LogP contribution in [0.25, 0.3) is 10.8 Å². The summed E-state index contributed by atoms with van der Waals surface area (Å²) in [6.07, 6.45) is -6.40. The number of ether oxygens (including phenoxy) is 2. The van der Waals surface area contributed by atoms with Gasteiger partial charge in [0, 0.05) is 0 Å². The van der Waals surface area contributed by atoms with Crippen LogP contribution in [-0.2, 0) is 4.74 Å². The van der Waals surface area contributed by atoms with Crippen LogP contribution in [0.2, 0.25) is 0 Å². The third-order valence-corrected chi connectivity index (χ3v) is 3.82. The molecule has 0 amide bonds. The number of aliphatic hydroxyl groups is 4. The normalized spacial score (nSPS) is 32.1. The summed E-state index contributed by atoms with van der Waals surface area (Å²) in [5.41, 5.74) is 0. The van der Waals surface area contributed by atoms with Crippen molar-refractivity contribution in [2.45, 2.75) is 30.7 Å². The van der Waals surface area contributed by atoms with Crippen molar-refractivity contribution in [3.8, 4) is 5.75 Å². The van der Waals surface area contributed by atoms with Gasteiger partial charge in [-0.3, -0.25) is 0 Å². The van der Waals surface area contributed by atoms with Crippen molar-refractivity contribution < 1.29 is 29.9 Å². The molecule has 0 unspecified atom stereocenters. The SMILES string of the molecule is OC[C@H]1O[C@@H](Oc2ccc3ccccc3c2)[C@H](O)[C@H](O)[C@@H]1O. The van der Waals surface area contributed by atoms with Gasteiger partial charge in [-0.2, -0.15) is 0 Å². The molecule has 0 spiro atoms. The van der Waals surface area contributed by atoms with E-state index in [1.54, 1.807) is 12.1 Å². The Bertz CT molecular complexity index is 643. The lowest BCUT2D eigenvalue weighted by atomic mass is 9.99. The fourth-order valence-corrected chi connectivity index (χ4v) is 2.54. The molecule has 22 heavy (non-hydrogen) atoms. The highest BCUT2D eigenvalue weighted by atomic mass is 16.7. The Morgan fingerprint density at radius 1 is 0.909 bits per heavy atom. The summed E-state index contributed by atoms with van der Waals surface area (Å²) < 4.78 is 10.9. The third kappa shape index (κ3) is 2.79. The van der Waals surface area contributed by atoms with E-state index in [0.29, 0.717) is 5.75 Å². The maximum Gasteiger partial charge on any atom is 0.229 e. The zero-order valence-corrected chi connectivity index (χ0v) is 11.7. The van der Waals surface area contributed by atoms with Crippen LogP contribution in [0.5, 0.6) is 5.75 Å². The van der Waals surface area contributed by atoms with Crippen molar-refractivity contribution in [1.29, 1.82) is 0 Å². The Kier molecular flexibility index (Phi) is 4.28. The van der Waals surface area contributed by atoms with Crippen molar-refractivity contribution in [1.82, 2.24) is 0 Å². The van der Waals surface area contributed by atoms with E-state index in [0.717, 1.165) is 10.8 Å². The summed E-state index contributed by atoms with van der Waals surface area (Å²) in [6, 6.07) is 13.1. The standard InChI is InChI=1S/C16H18O6/c17-8-12-13(18)14(19)15(20)16(22-12)21-11-6-5-9-3-1-2-4-10(9)7-11/h1-7,12-20H,8H2/t12-,13-,14-,15-,16-/m1/s1. The summed E-state index contributed by atoms with van der Waals surface area (Å²) in [5, 5.41) is 40.6. The fraction of sp³-hybridized carbons (Fsp3) is 0.375. The minimum absolute atomic E-state index is 0.461. The summed E-state index contributed by atoms with van der Waals surface area (Å²) in [5.74, 6) is 0.461. The zero-order valence-electron chi connectivity index (χ0n) is 11.7. The van der Waals surface area contributed by atoms with Gasteiger partial charge in [-0.25, -0.2) is 0 Å². The van der Waals surface area contributed by atoms with E-state index in [4.69, 9.17) is 14.6 Å². The van der Waals surface area contributed by atoms with Gasteiger partial charge in [-0.05, 0) is 22.9 Å². The Labute approximate surface area is 127 Å². The molecule has 2 aromatic rings. The minimum Gasteiger partial charge on any atom is -0.462 e. The van der Waals surface area contributed by atoms with Crippen LogP contribution in [0.1, 0.15) is 0 Å². The zero-order chi connectivity index (χ0) is 15.7. The molecule has 1 fully saturated rings. The highest BCUT2D eigenvalue weighted by molar-refractivity contribution is 5.83. The lowest BCUT2D eigenvalue weighted by Gasteiger charge is -2.39. The summed E-state index contributed by atoms with van der Waals surface area (Å²) >= 11 is 0. The van der Waals surface area contributed by atoms with Gasteiger partial charge >= 0.3 is 0 Å². The number of hydrogen-bond donors (Lipinski definition) is 4. The van der Waals surface area contributed by atoms with Crippen LogP contribution >= 0.6 is 0 Å². The van der Waals surface area contributed by atoms with Crippen molar-refractivity contribution in [3.05, 3.63) is 42.5 Å². The van der Waals surface area contributed by atoms with E-state index in [2.05, 4.69) is 0 Å². The molecule has 5 atom stereocenters. The molecule has 118 valence electrons. The van der Waals surface area contributed by atoms with Crippen molar-refractivity contribution in [2.75, 3.05) is 6.61 Å². The number of fused-ring (bicyclic) bond motifs is 1. The molecule has 2 aromatic carbocycles. The van der Waals surface area contributed by atoms with Gasteiger partial charge in [0.15, 0.2) is 0 Å². The Morgan fingerprint density at radius 3 is 2.36 bits per heavy atom. The Morgan fingerprint density at radius 2 is 1.64 bits per heavy atom. The second kappa shape index (κ2) is 6.20. The average Bonchev–Trinajstić information content (AvgIpc) is 2.55. The monoisotopic (exact) mass is 306 g/mol. The molecule has 0 aromatic heterocycles. The molecule has 1 aliphatic heterocycles. The maximum atomic E-state index is 9.95. The van der Waals surface area contributed by atoms with Crippen molar-refractivity contribution in [3.63, 3.8) is 0 Å². The van der Waals surface area contributed by atoms with Gasteiger partial charge in [-0.1, -0.05) is 30.3 Å². The average molecular weight is 306 g/mol.